The number of hydrogen-bond acceptors (Lipinski definition) is 6. The Bertz CT molecular complexity index is 1460. The number of nitrogens with zero attached hydrogens (tertiary/aromatic N) is 4. The molecule has 5 rings (SSSR count). The van der Waals surface area contributed by atoms with Crippen LogP contribution in [0.1, 0.15) is 67.1 Å². The van der Waals surface area contributed by atoms with Crippen molar-refractivity contribution in [1.29, 1.82) is 0 Å². The number of ether oxygens (including phenoxy) is 1. The molecule has 1 aliphatic heterocycles. The molecule has 1 fully saturated rings. The fourth-order valence-corrected chi connectivity index (χ4v) is 5.21. The minimum Gasteiger partial charge on any atom is -0.438 e. The smallest absolute Gasteiger partial charge is 0.255 e. The van der Waals surface area contributed by atoms with Crippen molar-refractivity contribution in [3.8, 4) is 11.6 Å². The molecule has 0 unspecified atom stereocenters. The van der Waals surface area contributed by atoms with Crippen LogP contribution in [-0.4, -0.2) is 38.5 Å². The fourth-order valence-electron chi connectivity index (χ4n) is 5.21. The van der Waals surface area contributed by atoms with Crippen LogP contribution in [0.5, 0.6) is 11.6 Å². The van der Waals surface area contributed by atoms with Crippen LogP contribution in [0.4, 0.5) is 11.5 Å². The number of likely N-dealkylation sites (tertiary alicyclic amines) is 1. The lowest BCUT2D eigenvalue weighted by Crippen LogP contribution is -2.31. The number of carbonyl (C=O) groups excluding carboxylic acids is 1. The van der Waals surface area contributed by atoms with Crippen molar-refractivity contribution in [3.05, 3.63) is 77.0 Å². The van der Waals surface area contributed by atoms with E-state index in [4.69, 9.17) is 10.5 Å². The molecule has 3 heterocycles. The Kier molecular flexibility index (Phi) is 7.08. The number of imidazole rings is 1. The van der Waals surface area contributed by atoms with Crippen LogP contribution in [0.15, 0.2) is 54.7 Å². The molecule has 0 aliphatic carbocycles. The molecule has 1 amide bonds. The second kappa shape index (κ2) is 10.5. The zero-order valence-corrected chi connectivity index (χ0v) is 22.6. The summed E-state index contributed by atoms with van der Waals surface area (Å²) in [6.07, 6.45) is 5.41. The van der Waals surface area contributed by atoms with Gasteiger partial charge in [0, 0.05) is 29.9 Å². The molecule has 2 aromatic heterocycles. The van der Waals surface area contributed by atoms with E-state index in [0.717, 1.165) is 30.8 Å². The quantitative estimate of drug-likeness (QED) is 0.331. The number of anilines is 2. The molecule has 2 aromatic carbocycles. The minimum atomic E-state index is -0.180. The number of nitrogen functional groups attached to an aromatic ring is 1. The molecule has 8 nitrogen and oxygen atoms in total. The summed E-state index contributed by atoms with van der Waals surface area (Å²) in [5.74, 6) is 1.24. The van der Waals surface area contributed by atoms with Gasteiger partial charge in [-0.1, -0.05) is 45.4 Å². The number of fused-ring (bicyclic) bond motifs is 1. The highest BCUT2D eigenvalue weighted by Gasteiger charge is 2.26. The monoisotopic (exact) mass is 512 g/mol. The Labute approximate surface area is 223 Å². The molecule has 1 saturated heterocycles. The molecule has 0 bridgehead atoms. The first-order valence-corrected chi connectivity index (χ1v) is 13.2. The van der Waals surface area contributed by atoms with E-state index in [1.165, 1.54) is 24.8 Å². The van der Waals surface area contributed by atoms with Gasteiger partial charge in [0.1, 0.15) is 11.6 Å². The third kappa shape index (κ3) is 5.65. The van der Waals surface area contributed by atoms with Crippen molar-refractivity contribution in [2.45, 2.75) is 58.9 Å². The lowest BCUT2D eigenvalue weighted by Gasteiger charge is -2.31. The van der Waals surface area contributed by atoms with Gasteiger partial charge in [-0.05, 0) is 73.2 Å². The fraction of sp³-hybridized carbons (Fsp3) is 0.367. The Morgan fingerprint density at radius 2 is 1.87 bits per heavy atom. The third-order valence-corrected chi connectivity index (χ3v) is 6.98. The molecule has 8 heteroatoms. The van der Waals surface area contributed by atoms with Gasteiger partial charge < -0.3 is 15.8 Å². The highest BCUT2D eigenvalue weighted by atomic mass is 16.5. The Morgan fingerprint density at radius 1 is 1.08 bits per heavy atom. The van der Waals surface area contributed by atoms with Crippen LogP contribution in [-0.2, 0) is 12.0 Å². The zero-order chi connectivity index (χ0) is 26.9. The molecule has 0 spiro atoms. The first kappa shape index (κ1) is 25.7. The van der Waals surface area contributed by atoms with Gasteiger partial charge in [-0.3, -0.25) is 9.69 Å². The summed E-state index contributed by atoms with van der Waals surface area (Å²) >= 11 is 0. The highest BCUT2D eigenvalue weighted by molar-refractivity contribution is 6.06. The highest BCUT2D eigenvalue weighted by Crippen LogP contribution is 2.32. The molecule has 38 heavy (non-hydrogen) atoms. The van der Waals surface area contributed by atoms with E-state index in [1.54, 1.807) is 22.8 Å². The van der Waals surface area contributed by atoms with E-state index in [0.29, 0.717) is 34.3 Å². The normalized spacial score (nSPS) is 14.5. The summed E-state index contributed by atoms with van der Waals surface area (Å²) in [5, 5.41) is 7.55. The van der Waals surface area contributed by atoms with Crippen LogP contribution >= 0.6 is 0 Å². The zero-order valence-electron chi connectivity index (χ0n) is 22.6. The van der Waals surface area contributed by atoms with E-state index in [2.05, 4.69) is 47.1 Å². The summed E-state index contributed by atoms with van der Waals surface area (Å²) in [6.45, 7) is 11.6. The summed E-state index contributed by atoms with van der Waals surface area (Å²) in [4.78, 5) is 20.4. The van der Waals surface area contributed by atoms with Crippen molar-refractivity contribution in [2.24, 2.45) is 0 Å². The topological polar surface area (TPSA) is 97.8 Å². The van der Waals surface area contributed by atoms with E-state index >= 15 is 0 Å². The van der Waals surface area contributed by atoms with Gasteiger partial charge in [-0.25, -0.2) is 9.50 Å². The van der Waals surface area contributed by atoms with Crippen molar-refractivity contribution >= 4 is 23.1 Å². The first-order valence-electron chi connectivity index (χ1n) is 13.2. The van der Waals surface area contributed by atoms with Gasteiger partial charge >= 0.3 is 0 Å². The van der Waals surface area contributed by atoms with Crippen LogP contribution in [0, 0.1) is 6.92 Å². The number of rotatable bonds is 6. The Balaban J connectivity index is 1.39. The number of aryl methyl sites for hydroxylation is 1. The Hall–Kier alpha value is -3.91. The lowest BCUT2D eigenvalue weighted by atomic mass is 9.80. The largest absolute Gasteiger partial charge is 0.438 e. The maximum Gasteiger partial charge on any atom is 0.255 e. The van der Waals surface area contributed by atoms with Crippen LogP contribution in [0.25, 0.3) is 5.65 Å². The van der Waals surface area contributed by atoms with Gasteiger partial charge in [0.2, 0.25) is 5.88 Å². The summed E-state index contributed by atoms with van der Waals surface area (Å²) in [7, 11) is 0. The molecule has 0 radical (unpaired) electrons. The van der Waals surface area contributed by atoms with Crippen LogP contribution in [0.2, 0.25) is 0 Å². The predicted octanol–water partition coefficient (Wildman–Crippen LogP) is 5.95. The number of amides is 1. The van der Waals surface area contributed by atoms with E-state index in [1.807, 2.05) is 37.3 Å². The number of nitrogens with one attached hydrogen (secondary N) is 1. The van der Waals surface area contributed by atoms with Gasteiger partial charge in [0.15, 0.2) is 5.65 Å². The van der Waals surface area contributed by atoms with E-state index in [9.17, 15) is 4.79 Å². The van der Waals surface area contributed by atoms with Gasteiger partial charge in [0.25, 0.3) is 5.91 Å². The van der Waals surface area contributed by atoms with Crippen molar-refractivity contribution in [3.63, 3.8) is 0 Å². The molecule has 0 atom stereocenters. The Morgan fingerprint density at radius 3 is 2.63 bits per heavy atom. The number of hydrogen-bond donors (Lipinski definition) is 2. The van der Waals surface area contributed by atoms with Crippen molar-refractivity contribution in [2.75, 3.05) is 24.1 Å². The number of carbonyl (C=O) groups is 1. The third-order valence-electron chi connectivity index (χ3n) is 6.98. The van der Waals surface area contributed by atoms with Crippen molar-refractivity contribution in [1.82, 2.24) is 19.5 Å². The molecule has 198 valence electrons. The standard InChI is InChI=1S/C30H36N6O2/c1-20-11-12-22(38-27-14-13-26-33-25(31)19-36(26)34-27)17-24(20)32-29(37)23-10-8-9-21(28(23)30(2,3)4)18-35-15-6-5-7-16-35/h8-14,17,19H,5-7,15-16,18,31H2,1-4H3,(H,32,37). The lowest BCUT2D eigenvalue weighted by molar-refractivity contribution is 0.102. The van der Waals surface area contributed by atoms with Crippen LogP contribution in [0.3, 0.4) is 0 Å². The SMILES string of the molecule is Cc1ccc(Oc2ccc3nc(N)cn3n2)cc1NC(=O)c1cccc(CN2CCCCC2)c1C(C)(C)C. The summed E-state index contributed by atoms with van der Waals surface area (Å²) < 4.78 is 7.58. The van der Waals surface area contributed by atoms with Crippen molar-refractivity contribution < 1.29 is 9.53 Å². The predicted molar refractivity (Wildman–Crippen MR) is 151 cm³/mol. The molecular weight excluding hydrogens is 476 g/mol. The molecule has 1 aliphatic rings. The maximum absolute atomic E-state index is 13.7. The average Bonchev–Trinajstić information content (AvgIpc) is 3.25. The van der Waals surface area contributed by atoms with Gasteiger partial charge in [-0.15, -0.1) is 5.10 Å². The number of nitrogens with two attached hydrogens (primary N) is 1. The number of piperidine rings is 1. The minimum absolute atomic E-state index is 0.121. The second-order valence-electron chi connectivity index (χ2n) is 11.1. The number of benzene rings is 2. The maximum atomic E-state index is 13.7. The second-order valence-corrected chi connectivity index (χ2v) is 11.1. The first-order chi connectivity index (χ1) is 18.2. The molecular formula is C30H36N6O2. The van der Waals surface area contributed by atoms with Crippen LogP contribution < -0.4 is 15.8 Å². The summed E-state index contributed by atoms with van der Waals surface area (Å²) in [5.41, 5.74) is 10.9. The van der Waals surface area contributed by atoms with E-state index < -0.39 is 0 Å². The van der Waals surface area contributed by atoms with E-state index in [-0.39, 0.29) is 11.3 Å². The van der Waals surface area contributed by atoms with Gasteiger partial charge in [-0.2, -0.15) is 0 Å². The molecule has 3 N–H and O–H groups in total. The number of aromatic nitrogens is 3. The summed E-state index contributed by atoms with van der Waals surface area (Å²) in [6, 6.07) is 15.2. The average molecular weight is 513 g/mol. The van der Waals surface area contributed by atoms with Gasteiger partial charge in [0.05, 0.1) is 6.20 Å². The molecule has 4 aromatic rings. The molecule has 0 saturated carbocycles.